The maximum atomic E-state index is 12.1. The Balaban J connectivity index is 2.56. The summed E-state index contributed by atoms with van der Waals surface area (Å²) in [4.78, 5) is 40.1. The molecule has 2 atom stereocenters. The van der Waals surface area contributed by atoms with Crippen LogP contribution in [0, 0.1) is 0 Å². The van der Waals surface area contributed by atoms with Gasteiger partial charge in [-0.15, -0.1) is 0 Å². The summed E-state index contributed by atoms with van der Waals surface area (Å²) in [6.45, 7) is 0.564. The molecule has 22 heavy (non-hydrogen) atoms. The minimum atomic E-state index is -0.826. The fourth-order valence-corrected chi connectivity index (χ4v) is 2.01. The number of carbonyl (C=O) groups excluding carboxylic acids is 3. The average molecular weight is 313 g/mol. The van der Waals surface area contributed by atoms with Gasteiger partial charge in [-0.05, 0) is 19.4 Å². The molecule has 0 aromatic rings. The van der Waals surface area contributed by atoms with E-state index in [1.54, 1.807) is 0 Å². The van der Waals surface area contributed by atoms with Crippen LogP contribution in [0.4, 0.5) is 4.79 Å². The van der Waals surface area contributed by atoms with Crippen LogP contribution in [0.25, 0.3) is 0 Å². The molecule has 0 saturated heterocycles. The predicted molar refractivity (Wildman–Crippen MR) is 80.6 cm³/mol. The Kier molecular flexibility index (Phi) is 6.73. The molecule has 10 heteroatoms. The Bertz CT molecular complexity index is 466. The topological polar surface area (TPSA) is 169 Å². The molecule has 0 saturated carbocycles. The van der Waals surface area contributed by atoms with Gasteiger partial charge in [0.2, 0.25) is 11.9 Å². The standard InChI is InChI=1S/C12H23N7O3/c1-19(9(20)5-7(14)3-2-4-13)8-6-16-12(17-10(8)21)18-11(15)22/h7-8H,2-6,13-14H2,1H3,(H4,15,16,17,18,21,22)/t7-,8?/m1/s1. The lowest BCUT2D eigenvalue weighted by Gasteiger charge is -2.30. The molecular weight excluding hydrogens is 290 g/mol. The number of primary amides is 1. The zero-order valence-electron chi connectivity index (χ0n) is 12.5. The molecule has 0 aromatic carbocycles. The second-order valence-corrected chi connectivity index (χ2v) is 5.08. The Morgan fingerprint density at radius 3 is 2.77 bits per heavy atom. The molecule has 8 N–H and O–H groups in total. The lowest BCUT2D eigenvalue weighted by molar-refractivity contribution is -0.138. The third-order valence-electron chi connectivity index (χ3n) is 3.28. The molecule has 1 unspecified atom stereocenters. The number of guanidine groups is 1. The average Bonchev–Trinajstić information content (AvgIpc) is 2.43. The van der Waals surface area contributed by atoms with Crippen LogP contribution in [-0.4, -0.2) is 60.9 Å². The fourth-order valence-electron chi connectivity index (χ4n) is 2.01. The van der Waals surface area contributed by atoms with Crippen molar-refractivity contribution in [2.75, 3.05) is 20.1 Å². The van der Waals surface area contributed by atoms with E-state index in [1.807, 2.05) is 0 Å². The molecule has 1 rings (SSSR count). The Morgan fingerprint density at radius 1 is 1.55 bits per heavy atom. The van der Waals surface area contributed by atoms with E-state index in [4.69, 9.17) is 17.2 Å². The lowest BCUT2D eigenvalue weighted by Crippen LogP contribution is -2.58. The van der Waals surface area contributed by atoms with Crippen LogP contribution in [0.3, 0.4) is 0 Å². The van der Waals surface area contributed by atoms with Gasteiger partial charge in [0.1, 0.15) is 6.04 Å². The summed E-state index contributed by atoms with van der Waals surface area (Å²) in [5, 5.41) is 4.56. The highest BCUT2D eigenvalue weighted by atomic mass is 16.2. The number of carbonyl (C=O) groups is 3. The van der Waals surface area contributed by atoms with Crippen LogP contribution < -0.4 is 27.8 Å². The van der Waals surface area contributed by atoms with E-state index in [-0.39, 0.29) is 30.9 Å². The largest absolute Gasteiger partial charge is 0.351 e. The van der Waals surface area contributed by atoms with Crippen molar-refractivity contribution in [1.29, 1.82) is 0 Å². The number of nitrogens with one attached hydrogen (secondary N) is 2. The minimum absolute atomic E-state index is 0.0192. The number of aliphatic imine (C=N–C) groups is 1. The first-order valence-corrected chi connectivity index (χ1v) is 6.98. The van der Waals surface area contributed by atoms with E-state index in [9.17, 15) is 14.4 Å². The zero-order chi connectivity index (χ0) is 16.7. The van der Waals surface area contributed by atoms with E-state index >= 15 is 0 Å². The third kappa shape index (κ3) is 5.30. The number of hydrogen-bond donors (Lipinski definition) is 5. The normalized spacial score (nSPS) is 19.0. The Labute approximate surface area is 128 Å². The SMILES string of the molecule is CN(C(=O)C[C@H](N)CCCN)C1CN=C(NC(N)=O)NC1=O. The third-order valence-corrected chi connectivity index (χ3v) is 3.28. The van der Waals surface area contributed by atoms with Gasteiger partial charge in [0, 0.05) is 19.5 Å². The maximum Gasteiger partial charge on any atom is 0.318 e. The van der Waals surface area contributed by atoms with Gasteiger partial charge in [0.05, 0.1) is 6.54 Å². The Morgan fingerprint density at radius 2 is 2.23 bits per heavy atom. The van der Waals surface area contributed by atoms with Crippen LogP contribution in [0.2, 0.25) is 0 Å². The van der Waals surface area contributed by atoms with Crippen LogP contribution in [0.5, 0.6) is 0 Å². The van der Waals surface area contributed by atoms with E-state index in [1.165, 1.54) is 11.9 Å². The molecule has 0 radical (unpaired) electrons. The minimum Gasteiger partial charge on any atom is -0.351 e. The first kappa shape index (κ1) is 17.9. The van der Waals surface area contributed by atoms with Crippen molar-refractivity contribution in [3.63, 3.8) is 0 Å². The van der Waals surface area contributed by atoms with E-state index < -0.39 is 18.0 Å². The van der Waals surface area contributed by atoms with Gasteiger partial charge in [-0.2, -0.15) is 0 Å². The van der Waals surface area contributed by atoms with Crippen molar-refractivity contribution in [3.8, 4) is 0 Å². The van der Waals surface area contributed by atoms with Crippen molar-refractivity contribution in [2.24, 2.45) is 22.2 Å². The van der Waals surface area contributed by atoms with Gasteiger partial charge < -0.3 is 22.1 Å². The van der Waals surface area contributed by atoms with E-state index in [0.29, 0.717) is 13.0 Å². The number of nitrogens with two attached hydrogens (primary N) is 3. The number of hydrogen-bond acceptors (Lipinski definition) is 6. The van der Waals surface area contributed by atoms with Crippen molar-refractivity contribution in [3.05, 3.63) is 0 Å². The maximum absolute atomic E-state index is 12.1. The second-order valence-electron chi connectivity index (χ2n) is 5.08. The molecule has 1 aliphatic heterocycles. The van der Waals surface area contributed by atoms with Crippen molar-refractivity contribution >= 4 is 23.8 Å². The summed E-state index contributed by atoms with van der Waals surface area (Å²) in [6, 6.07) is -1.86. The molecule has 0 fully saturated rings. The first-order chi connectivity index (χ1) is 10.3. The highest BCUT2D eigenvalue weighted by Gasteiger charge is 2.31. The Hall–Kier alpha value is -2.20. The number of urea groups is 1. The molecule has 1 aliphatic rings. The van der Waals surface area contributed by atoms with Crippen LogP contribution in [-0.2, 0) is 9.59 Å². The summed E-state index contributed by atoms with van der Waals surface area (Å²) >= 11 is 0. The van der Waals surface area contributed by atoms with Gasteiger partial charge in [0.25, 0.3) is 5.91 Å². The summed E-state index contributed by atoms with van der Waals surface area (Å²) in [6.07, 6.45) is 1.53. The van der Waals surface area contributed by atoms with Crippen LogP contribution in [0.15, 0.2) is 4.99 Å². The van der Waals surface area contributed by atoms with Gasteiger partial charge >= 0.3 is 6.03 Å². The van der Waals surface area contributed by atoms with Crippen molar-refractivity contribution in [2.45, 2.75) is 31.3 Å². The molecular formula is C12H23N7O3. The molecule has 0 spiro atoms. The first-order valence-electron chi connectivity index (χ1n) is 6.98. The van der Waals surface area contributed by atoms with Gasteiger partial charge in [-0.3, -0.25) is 20.2 Å². The number of amides is 4. The van der Waals surface area contributed by atoms with Gasteiger partial charge in [0.15, 0.2) is 0 Å². The van der Waals surface area contributed by atoms with Crippen LogP contribution in [0.1, 0.15) is 19.3 Å². The lowest BCUT2D eigenvalue weighted by atomic mass is 10.1. The molecule has 4 amide bonds. The summed E-state index contributed by atoms with van der Waals surface area (Å²) < 4.78 is 0. The monoisotopic (exact) mass is 313 g/mol. The van der Waals surface area contributed by atoms with Gasteiger partial charge in [-0.1, -0.05) is 0 Å². The quantitative estimate of drug-likeness (QED) is 0.362. The van der Waals surface area contributed by atoms with Crippen molar-refractivity contribution in [1.82, 2.24) is 15.5 Å². The summed E-state index contributed by atoms with van der Waals surface area (Å²) in [5.41, 5.74) is 16.2. The fraction of sp³-hybridized carbons (Fsp3) is 0.667. The molecule has 124 valence electrons. The highest BCUT2D eigenvalue weighted by Crippen LogP contribution is 2.07. The molecule has 10 nitrogen and oxygen atoms in total. The number of nitrogens with zero attached hydrogens (tertiary/aromatic N) is 2. The van der Waals surface area contributed by atoms with Crippen molar-refractivity contribution < 1.29 is 14.4 Å². The molecule has 1 heterocycles. The summed E-state index contributed by atoms with van der Waals surface area (Å²) in [5.74, 6) is -0.703. The summed E-state index contributed by atoms with van der Waals surface area (Å²) in [7, 11) is 1.52. The predicted octanol–water partition coefficient (Wildman–Crippen LogP) is -2.58. The van der Waals surface area contributed by atoms with Crippen LogP contribution >= 0.6 is 0 Å². The van der Waals surface area contributed by atoms with E-state index in [2.05, 4.69) is 15.6 Å². The van der Waals surface area contributed by atoms with E-state index in [0.717, 1.165) is 6.42 Å². The second kappa shape index (κ2) is 8.29. The highest BCUT2D eigenvalue weighted by molar-refractivity contribution is 6.07. The number of likely N-dealkylation sites (N-methyl/N-ethyl adjacent to an activating group) is 1. The smallest absolute Gasteiger partial charge is 0.318 e. The molecule has 0 aliphatic carbocycles. The molecule has 0 bridgehead atoms. The number of rotatable bonds is 6. The van der Waals surface area contributed by atoms with Gasteiger partial charge in [-0.25, -0.2) is 9.79 Å². The molecule has 0 aromatic heterocycles. The zero-order valence-corrected chi connectivity index (χ0v) is 12.5.